The normalized spacial score (nSPS) is 15.1. The van der Waals surface area contributed by atoms with Crippen molar-refractivity contribution in [1.29, 1.82) is 0 Å². The number of benzene rings is 2. The number of halogens is 1. The molecule has 1 atom stereocenters. The van der Waals surface area contributed by atoms with Crippen molar-refractivity contribution in [3.63, 3.8) is 0 Å². The van der Waals surface area contributed by atoms with E-state index >= 15 is 0 Å². The Balaban J connectivity index is 1.28. The van der Waals surface area contributed by atoms with Gasteiger partial charge in [0.1, 0.15) is 5.69 Å². The summed E-state index contributed by atoms with van der Waals surface area (Å²) < 4.78 is 0. The van der Waals surface area contributed by atoms with Crippen molar-refractivity contribution in [2.24, 2.45) is 11.7 Å². The van der Waals surface area contributed by atoms with Gasteiger partial charge in [0.05, 0.1) is 0 Å². The van der Waals surface area contributed by atoms with E-state index < -0.39 is 0 Å². The summed E-state index contributed by atoms with van der Waals surface area (Å²) in [6.45, 7) is 5.13. The van der Waals surface area contributed by atoms with Crippen LogP contribution in [0.1, 0.15) is 37.4 Å². The van der Waals surface area contributed by atoms with Crippen LogP contribution in [0.15, 0.2) is 66.9 Å². The predicted molar refractivity (Wildman–Crippen MR) is 148 cm³/mol. The van der Waals surface area contributed by atoms with Crippen LogP contribution in [-0.2, 0) is 4.79 Å². The van der Waals surface area contributed by atoms with Gasteiger partial charge in [-0.1, -0.05) is 35.7 Å². The van der Waals surface area contributed by atoms with Crippen LogP contribution in [0.5, 0.6) is 0 Å². The van der Waals surface area contributed by atoms with Crippen LogP contribution in [0.4, 0.5) is 5.69 Å². The third kappa shape index (κ3) is 6.87. The summed E-state index contributed by atoms with van der Waals surface area (Å²) in [7, 11) is 2.12. The molecule has 2 heterocycles. The summed E-state index contributed by atoms with van der Waals surface area (Å²) >= 11 is 5.97. The first kappa shape index (κ1) is 25.8. The SMILES string of the molecule is CC(CCN(C)c1ccc(C#Cc2ccc(-c3ccc(Cl)cc3)cn2)cc1)N1CCC(C(N)=O)CC1. The van der Waals surface area contributed by atoms with E-state index in [0.717, 1.165) is 66.3 Å². The predicted octanol–water partition coefficient (Wildman–Crippen LogP) is 5.21. The fourth-order valence-electron chi connectivity index (χ4n) is 4.53. The van der Waals surface area contributed by atoms with E-state index in [-0.39, 0.29) is 11.8 Å². The molecule has 1 amide bonds. The number of primary amides is 1. The van der Waals surface area contributed by atoms with E-state index in [0.29, 0.717) is 6.04 Å². The minimum atomic E-state index is -0.154. The first-order valence-electron chi connectivity index (χ1n) is 12.5. The summed E-state index contributed by atoms with van der Waals surface area (Å²) in [5.74, 6) is 6.25. The quantitative estimate of drug-likeness (QED) is 0.452. The van der Waals surface area contributed by atoms with Crippen molar-refractivity contribution in [2.75, 3.05) is 31.6 Å². The molecule has 0 radical (unpaired) electrons. The number of pyridine rings is 1. The summed E-state index contributed by atoms with van der Waals surface area (Å²) in [5.41, 5.74) is 10.4. The molecule has 2 aromatic carbocycles. The Kier molecular flexibility index (Phi) is 8.64. The summed E-state index contributed by atoms with van der Waals surface area (Å²) in [6, 6.07) is 20.5. The van der Waals surface area contributed by atoms with Gasteiger partial charge in [-0.3, -0.25) is 4.79 Å². The van der Waals surface area contributed by atoms with Crippen LogP contribution in [-0.4, -0.2) is 48.5 Å². The lowest BCUT2D eigenvalue weighted by Crippen LogP contribution is -2.43. The topological polar surface area (TPSA) is 62.5 Å². The molecule has 2 N–H and O–H groups in total. The van der Waals surface area contributed by atoms with Crippen molar-refractivity contribution in [3.8, 4) is 23.0 Å². The number of carbonyl (C=O) groups is 1. The van der Waals surface area contributed by atoms with Gasteiger partial charge in [-0.05, 0) is 93.2 Å². The third-order valence-electron chi connectivity index (χ3n) is 7.02. The molecule has 1 aromatic heterocycles. The van der Waals surface area contributed by atoms with E-state index in [9.17, 15) is 4.79 Å². The monoisotopic (exact) mass is 500 g/mol. The number of nitrogens with zero attached hydrogens (tertiary/aromatic N) is 3. The molecule has 1 fully saturated rings. The number of hydrogen-bond acceptors (Lipinski definition) is 4. The largest absolute Gasteiger partial charge is 0.375 e. The van der Waals surface area contributed by atoms with Crippen LogP contribution in [0.3, 0.4) is 0 Å². The highest BCUT2D eigenvalue weighted by molar-refractivity contribution is 6.30. The molecule has 36 heavy (non-hydrogen) atoms. The van der Waals surface area contributed by atoms with Crippen molar-refractivity contribution in [2.45, 2.75) is 32.2 Å². The first-order valence-corrected chi connectivity index (χ1v) is 12.9. The molecule has 1 aliphatic heterocycles. The minimum absolute atomic E-state index is 0.0437. The maximum atomic E-state index is 11.4. The Labute approximate surface area is 219 Å². The summed E-state index contributed by atoms with van der Waals surface area (Å²) in [4.78, 5) is 20.6. The highest BCUT2D eigenvalue weighted by Gasteiger charge is 2.25. The second-order valence-electron chi connectivity index (χ2n) is 9.51. The lowest BCUT2D eigenvalue weighted by atomic mass is 9.95. The maximum Gasteiger partial charge on any atom is 0.220 e. The van der Waals surface area contributed by atoms with Gasteiger partial charge in [0.2, 0.25) is 5.91 Å². The number of hydrogen-bond donors (Lipinski definition) is 1. The van der Waals surface area contributed by atoms with Gasteiger partial charge in [-0.25, -0.2) is 4.98 Å². The van der Waals surface area contributed by atoms with Gasteiger partial charge >= 0.3 is 0 Å². The molecule has 4 rings (SSSR count). The Bertz CT molecular complexity index is 1210. The van der Waals surface area contributed by atoms with Crippen molar-refractivity contribution in [1.82, 2.24) is 9.88 Å². The molecular weight excluding hydrogens is 468 g/mol. The fourth-order valence-corrected chi connectivity index (χ4v) is 4.66. The molecule has 0 bridgehead atoms. The highest BCUT2D eigenvalue weighted by Crippen LogP contribution is 2.22. The lowest BCUT2D eigenvalue weighted by Gasteiger charge is -2.35. The van der Waals surface area contributed by atoms with Crippen LogP contribution >= 0.6 is 11.6 Å². The fraction of sp³-hybridized carbons (Fsp3) is 0.333. The number of amides is 1. The Morgan fingerprint density at radius 2 is 1.72 bits per heavy atom. The van der Waals surface area contributed by atoms with Crippen LogP contribution in [0, 0.1) is 17.8 Å². The summed E-state index contributed by atoms with van der Waals surface area (Å²) in [5, 5.41) is 0.722. The molecule has 1 aliphatic rings. The smallest absolute Gasteiger partial charge is 0.220 e. The maximum absolute atomic E-state index is 11.4. The number of carbonyl (C=O) groups excluding carboxylic acids is 1. The Morgan fingerprint density at radius 1 is 1.06 bits per heavy atom. The van der Waals surface area contributed by atoms with Gasteiger partial charge < -0.3 is 15.5 Å². The van der Waals surface area contributed by atoms with Crippen LogP contribution < -0.4 is 10.6 Å². The zero-order chi connectivity index (χ0) is 25.5. The molecule has 1 unspecified atom stereocenters. The van der Waals surface area contributed by atoms with Gasteiger partial charge in [0, 0.05) is 53.6 Å². The minimum Gasteiger partial charge on any atom is -0.375 e. The Hall–Kier alpha value is -3.33. The number of anilines is 1. The molecule has 0 aliphatic carbocycles. The van der Waals surface area contributed by atoms with Crippen molar-refractivity contribution in [3.05, 3.63) is 83.1 Å². The van der Waals surface area contributed by atoms with Crippen LogP contribution in [0.2, 0.25) is 5.02 Å². The van der Waals surface area contributed by atoms with E-state index in [1.165, 1.54) is 5.69 Å². The number of rotatable bonds is 7. The summed E-state index contributed by atoms with van der Waals surface area (Å²) in [6.07, 6.45) is 4.66. The number of nitrogens with two attached hydrogens (primary N) is 1. The first-order chi connectivity index (χ1) is 17.4. The average Bonchev–Trinajstić information content (AvgIpc) is 2.91. The number of aromatic nitrogens is 1. The second-order valence-corrected chi connectivity index (χ2v) is 9.94. The zero-order valence-electron chi connectivity index (χ0n) is 21.0. The van der Waals surface area contributed by atoms with E-state index in [1.807, 2.05) is 42.6 Å². The standard InChI is InChI=1S/C30H33ClN4O/c1-22(35-19-16-25(17-20-35)30(32)36)15-18-34(2)29-13-4-23(5-14-29)3-11-28-12-8-26(21-33-28)24-6-9-27(31)10-7-24/h4-10,12-14,21-22,25H,15-20H2,1-2H3,(H2,32,36). The van der Waals surface area contributed by atoms with Gasteiger partial charge in [0.15, 0.2) is 0 Å². The average molecular weight is 501 g/mol. The Morgan fingerprint density at radius 3 is 2.33 bits per heavy atom. The van der Waals surface area contributed by atoms with E-state index in [2.05, 4.69) is 64.9 Å². The van der Waals surface area contributed by atoms with Gasteiger partial charge in [-0.2, -0.15) is 0 Å². The third-order valence-corrected chi connectivity index (χ3v) is 7.27. The van der Waals surface area contributed by atoms with E-state index in [4.69, 9.17) is 17.3 Å². The molecule has 1 saturated heterocycles. The van der Waals surface area contributed by atoms with Gasteiger partial charge in [0.25, 0.3) is 0 Å². The number of likely N-dealkylation sites (tertiary alicyclic amines) is 1. The zero-order valence-corrected chi connectivity index (χ0v) is 21.7. The number of piperidine rings is 1. The van der Waals surface area contributed by atoms with Gasteiger partial charge in [-0.15, -0.1) is 0 Å². The molecule has 5 nitrogen and oxygen atoms in total. The molecule has 6 heteroatoms. The highest BCUT2D eigenvalue weighted by atomic mass is 35.5. The van der Waals surface area contributed by atoms with E-state index in [1.54, 1.807) is 0 Å². The second kappa shape index (κ2) is 12.1. The molecule has 186 valence electrons. The van der Waals surface area contributed by atoms with Crippen molar-refractivity contribution >= 4 is 23.2 Å². The molecule has 3 aromatic rings. The van der Waals surface area contributed by atoms with Crippen molar-refractivity contribution < 1.29 is 4.79 Å². The molecular formula is C30H33ClN4O. The molecule has 0 spiro atoms. The molecule has 0 saturated carbocycles. The van der Waals surface area contributed by atoms with Crippen LogP contribution in [0.25, 0.3) is 11.1 Å². The lowest BCUT2D eigenvalue weighted by molar-refractivity contribution is -0.123.